The molecule has 188 valence electrons. The van der Waals surface area contributed by atoms with E-state index >= 15 is 0 Å². The van der Waals surface area contributed by atoms with Crippen LogP contribution in [0.5, 0.6) is 11.5 Å². The average Bonchev–Trinajstić information content (AvgIpc) is 3.58. The van der Waals surface area contributed by atoms with Gasteiger partial charge in [-0.25, -0.2) is 0 Å². The van der Waals surface area contributed by atoms with Gasteiger partial charge in [-0.3, -0.25) is 9.69 Å². The minimum atomic E-state index is -0.699. The summed E-state index contributed by atoms with van der Waals surface area (Å²) in [5, 5.41) is 25.0. The Morgan fingerprint density at radius 2 is 2.03 bits per heavy atom. The summed E-state index contributed by atoms with van der Waals surface area (Å²) in [7, 11) is 1.68. The van der Waals surface area contributed by atoms with Gasteiger partial charge in [-0.1, -0.05) is 32.3 Å². The van der Waals surface area contributed by atoms with Crippen LogP contribution in [-0.2, 0) is 16.6 Å². The monoisotopic (exact) mass is 470 g/mol. The number of aliphatic hydroxyl groups is 1. The molecule has 4 atom stereocenters. The number of benzene rings is 1. The Morgan fingerprint density at radius 3 is 2.76 bits per heavy atom. The third-order valence-corrected chi connectivity index (χ3v) is 9.20. The van der Waals surface area contributed by atoms with E-state index in [1.54, 1.807) is 13.1 Å². The molecule has 2 saturated carbocycles. The van der Waals surface area contributed by atoms with Crippen LogP contribution in [0.25, 0.3) is 0 Å². The fourth-order valence-corrected chi connectivity index (χ4v) is 7.31. The fraction of sp³-hybridized carbons (Fsp3) is 0.750. The summed E-state index contributed by atoms with van der Waals surface area (Å²) in [6.07, 6.45) is 12.9. The zero-order chi connectivity index (χ0) is 23.9. The van der Waals surface area contributed by atoms with Crippen molar-refractivity contribution >= 4 is 5.91 Å². The summed E-state index contributed by atoms with van der Waals surface area (Å²) in [4.78, 5) is 13.2. The van der Waals surface area contributed by atoms with Crippen LogP contribution < -0.4 is 10.1 Å². The zero-order valence-electron chi connectivity index (χ0n) is 20.9. The molecule has 6 heteroatoms. The van der Waals surface area contributed by atoms with Crippen LogP contribution in [0.2, 0.25) is 0 Å². The molecule has 6 nitrogen and oxygen atoms in total. The molecule has 0 aromatic heterocycles. The van der Waals surface area contributed by atoms with Gasteiger partial charge in [-0.15, -0.1) is 0 Å². The molecule has 1 amide bonds. The van der Waals surface area contributed by atoms with E-state index in [2.05, 4.69) is 23.2 Å². The Bertz CT molecular complexity index is 916. The SMILES string of the molecule is CCCCCCC(=O)NC.Oc1ccc2c3c1O[C@H]1CCC[C@@]4(O)[C@@H](C2)N(CC2CC2)CC[C@]314. The number of likely N-dealkylation sites (tertiary alicyclic amines) is 1. The Hall–Kier alpha value is -1.79. The van der Waals surface area contributed by atoms with Gasteiger partial charge in [0.1, 0.15) is 6.10 Å². The highest BCUT2D eigenvalue weighted by atomic mass is 16.5. The van der Waals surface area contributed by atoms with Crippen LogP contribution in [0, 0.1) is 5.92 Å². The highest BCUT2D eigenvalue weighted by Gasteiger charge is 2.71. The minimum absolute atomic E-state index is 0.0316. The van der Waals surface area contributed by atoms with E-state index in [1.165, 1.54) is 37.7 Å². The van der Waals surface area contributed by atoms with Gasteiger partial charge in [-0.05, 0) is 75.5 Å². The lowest BCUT2D eigenvalue weighted by atomic mass is 9.49. The van der Waals surface area contributed by atoms with E-state index in [9.17, 15) is 15.0 Å². The topological polar surface area (TPSA) is 82.0 Å². The van der Waals surface area contributed by atoms with Crippen LogP contribution in [0.1, 0.15) is 88.7 Å². The minimum Gasteiger partial charge on any atom is -0.504 e. The van der Waals surface area contributed by atoms with Gasteiger partial charge in [0, 0.05) is 31.6 Å². The summed E-state index contributed by atoms with van der Waals surface area (Å²) in [6.45, 7) is 4.37. The summed E-state index contributed by atoms with van der Waals surface area (Å²) < 4.78 is 6.27. The molecule has 0 radical (unpaired) electrons. The highest BCUT2D eigenvalue weighted by molar-refractivity contribution is 5.75. The summed E-state index contributed by atoms with van der Waals surface area (Å²) >= 11 is 0. The number of carbonyl (C=O) groups is 1. The molecule has 34 heavy (non-hydrogen) atoms. The van der Waals surface area contributed by atoms with Gasteiger partial charge < -0.3 is 20.3 Å². The second-order valence-corrected chi connectivity index (χ2v) is 11.2. The van der Waals surface area contributed by atoms with Gasteiger partial charge in [0.15, 0.2) is 11.5 Å². The number of carbonyl (C=O) groups excluding carboxylic acids is 1. The number of hydrogen-bond acceptors (Lipinski definition) is 5. The first-order chi connectivity index (χ1) is 16.4. The standard InChI is InChI=1S/C20H25NO3.C8H17NO/c22-14-6-5-13-10-15-20(23)7-1-2-16-19(20,17(13)18(14)24-16)8-9-21(15)11-12-3-4-12;1-3-4-5-6-7-8(10)9-2/h5-6,12,15-16,22-23H,1-4,7-11H2;3-7H2,1-2H3,(H,9,10)/t15-,16+,19-,20-;/m1./s1. The van der Waals surface area contributed by atoms with Crippen LogP contribution in [0.3, 0.4) is 0 Å². The predicted molar refractivity (Wildman–Crippen MR) is 132 cm³/mol. The maximum atomic E-state index is 12.0. The quantitative estimate of drug-likeness (QED) is 0.524. The predicted octanol–water partition coefficient (Wildman–Crippen LogP) is 4.05. The molecule has 5 aliphatic rings. The third-order valence-electron chi connectivity index (χ3n) is 9.20. The first-order valence-electron chi connectivity index (χ1n) is 13.6. The fourth-order valence-electron chi connectivity index (χ4n) is 7.31. The molecule has 1 aromatic rings. The maximum Gasteiger partial charge on any atom is 0.219 e. The third kappa shape index (κ3) is 3.81. The second-order valence-electron chi connectivity index (χ2n) is 11.2. The molecule has 3 fully saturated rings. The van der Waals surface area contributed by atoms with Crippen molar-refractivity contribution in [1.29, 1.82) is 0 Å². The van der Waals surface area contributed by atoms with E-state index < -0.39 is 5.60 Å². The number of phenols is 1. The second kappa shape index (κ2) is 9.34. The van der Waals surface area contributed by atoms with E-state index in [-0.39, 0.29) is 29.2 Å². The van der Waals surface area contributed by atoms with Crippen molar-refractivity contribution in [3.8, 4) is 11.5 Å². The summed E-state index contributed by atoms with van der Waals surface area (Å²) in [5.41, 5.74) is 1.45. The van der Waals surface area contributed by atoms with Crippen molar-refractivity contribution < 1.29 is 19.7 Å². The van der Waals surface area contributed by atoms with Crippen molar-refractivity contribution in [2.24, 2.45) is 5.92 Å². The van der Waals surface area contributed by atoms with Gasteiger partial charge >= 0.3 is 0 Å². The first kappa shape index (κ1) is 23.9. The number of aromatic hydroxyl groups is 1. The van der Waals surface area contributed by atoms with E-state index in [0.717, 1.165) is 63.1 Å². The van der Waals surface area contributed by atoms with Gasteiger partial charge in [0.25, 0.3) is 0 Å². The number of unbranched alkanes of at least 4 members (excludes halogenated alkanes) is 3. The number of ether oxygens (including phenoxy) is 1. The molecular weight excluding hydrogens is 428 g/mol. The number of phenolic OH excluding ortho intramolecular Hbond substituents is 1. The molecule has 1 spiro atoms. The van der Waals surface area contributed by atoms with Crippen LogP contribution in [-0.4, -0.2) is 58.9 Å². The number of hydrogen-bond donors (Lipinski definition) is 3. The lowest BCUT2D eigenvalue weighted by molar-refractivity contribution is -0.185. The first-order valence-corrected chi connectivity index (χ1v) is 13.6. The van der Waals surface area contributed by atoms with Crippen molar-refractivity contribution in [1.82, 2.24) is 10.2 Å². The number of amides is 1. The van der Waals surface area contributed by atoms with Crippen molar-refractivity contribution in [2.75, 3.05) is 20.1 Å². The van der Waals surface area contributed by atoms with Crippen molar-refractivity contribution in [2.45, 2.75) is 107 Å². The Morgan fingerprint density at radius 1 is 1.21 bits per heavy atom. The maximum absolute atomic E-state index is 12.0. The smallest absolute Gasteiger partial charge is 0.219 e. The molecule has 1 aromatic carbocycles. The Kier molecular flexibility index (Phi) is 6.58. The highest BCUT2D eigenvalue weighted by Crippen LogP contribution is 2.65. The molecule has 0 unspecified atom stereocenters. The Labute approximate surface area is 204 Å². The van der Waals surface area contributed by atoms with Gasteiger partial charge in [0.2, 0.25) is 5.91 Å². The number of nitrogens with one attached hydrogen (secondary N) is 1. The van der Waals surface area contributed by atoms with E-state index in [0.29, 0.717) is 12.2 Å². The Balaban J connectivity index is 0.000000207. The van der Waals surface area contributed by atoms with Crippen molar-refractivity contribution in [3.05, 3.63) is 23.3 Å². The van der Waals surface area contributed by atoms with Gasteiger partial charge in [-0.2, -0.15) is 0 Å². The van der Waals surface area contributed by atoms with E-state index in [4.69, 9.17) is 4.74 Å². The average molecular weight is 471 g/mol. The zero-order valence-corrected chi connectivity index (χ0v) is 20.9. The number of rotatable bonds is 7. The lowest BCUT2D eigenvalue weighted by Gasteiger charge is -2.63. The molecule has 2 aliphatic heterocycles. The molecule has 2 bridgehead atoms. The molecule has 6 rings (SSSR count). The lowest BCUT2D eigenvalue weighted by Crippen LogP contribution is -2.75. The largest absolute Gasteiger partial charge is 0.504 e. The molecule has 2 heterocycles. The molecule has 3 aliphatic carbocycles. The van der Waals surface area contributed by atoms with Crippen LogP contribution in [0.4, 0.5) is 0 Å². The summed E-state index contributed by atoms with van der Waals surface area (Å²) in [5.74, 6) is 1.93. The molecular formula is C28H42N2O4. The summed E-state index contributed by atoms with van der Waals surface area (Å²) in [6, 6.07) is 4.07. The van der Waals surface area contributed by atoms with E-state index in [1.807, 2.05) is 0 Å². The molecule has 1 saturated heterocycles. The van der Waals surface area contributed by atoms with Crippen LogP contribution >= 0.6 is 0 Å². The molecule has 3 N–H and O–H groups in total. The normalized spacial score (nSPS) is 32.8. The van der Waals surface area contributed by atoms with Crippen LogP contribution in [0.15, 0.2) is 12.1 Å². The van der Waals surface area contributed by atoms with Gasteiger partial charge in [0.05, 0.1) is 11.0 Å². The van der Waals surface area contributed by atoms with Crippen molar-refractivity contribution in [3.63, 3.8) is 0 Å². The number of piperidine rings is 1. The number of nitrogens with zero attached hydrogens (tertiary/aromatic N) is 1.